The van der Waals surface area contributed by atoms with E-state index >= 15 is 0 Å². The van der Waals surface area contributed by atoms with E-state index in [0.29, 0.717) is 5.52 Å². The lowest BCUT2D eigenvalue weighted by Crippen LogP contribution is -2.40. The third-order valence-corrected chi connectivity index (χ3v) is 6.82. The van der Waals surface area contributed by atoms with Crippen LogP contribution in [0, 0.1) is 0 Å². The first-order chi connectivity index (χ1) is 17.3. The minimum absolute atomic E-state index is 0.0216. The van der Waals surface area contributed by atoms with Crippen molar-refractivity contribution in [1.29, 1.82) is 0 Å². The quantitative estimate of drug-likeness (QED) is 0.401. The van der Waals surface area contributed by atoms with E-state index in [1.807, 2.05) is 75.4 Å². The first-order valence-electron chi connectivity index (χ1n) is 12.1. The SMILES string of the molecule is CC(C)(C)OC(=O)N1C[C@](Cc2cn(C(=O)OC(C)(C)C)c3ccccc23)(Sc2ccccc2)C(=O)O1. The highest BCUT2D eigenvalue weighted by atomic mass is 32.2. The second-order valence-corrected chi connectivity index (χ2v) is 12.5. The Labute approximate surface area is 220 Å². The monoisotopic (exact) mass is 524 g/mol. The van der Waals surface area contributed by atoms with E-state index in [1.165, 1.54) is 16.3 Å². The van der Waals surface area contributed by atoms with E-state index in [0.717, 1.165) is 20.9 Å². The van der Waals surface area contributed by atoms with Crippen LogP contribution in [0.15, 0.2) is 65.7 Å². The normalized spacial score (nSPS) is 18.1. The summed E-state index contributed by atoms with van der Waals surface area (Å²) in [5.41, 5.74) is 0.00747. The highest BCUT2D eigenvalue weighted by molar-refractivity contribution is 8.01. The molecule has 2 aromatic carbocycles. The summed E-state index contributed by atoms with van der Waals surface area (Å²) in [6.45, 7) is 10.7. The molecule has 0 saturated carbocycles. The van der Waals surface area contributed by atoms with Gasteiger partial charge in [0.25, 0.3) is 0 Å². The maximum Gasteiger partial charge on any atom is 0.443 e. The Morgan fingerprint density at radius 2 is 1.51 bits per heavy atom. The third kappa shape index (κ3) is 6.10. The summed E-state index contributed by atoms with van der Waals surface area (Å²) in [5.74, 6) is -0.554. The molecule has 0 unspecified atom stereocenters. The number of amides is 1. The highest BCUT2D eigenvalue weighted by Crippen LogP contribution is 2.43. The standard InChI is InChI=1S/C28H32N2O6S/c1-26(2,3)34-24(32)29-17-19(21-14-10-11-15-22(21)29)16-28(37-20-12-8-7-9-13-20)18-30(36-23(28)31)25(33)35-27(4,5)6/h7-15,17H,16,18H2,1-6H3/t28-/m0/s1. The predicted octanol–water partition coefficient (Wildman–Crippen LogP) is 6.21. The van der Waals surface area contributed by atoms with Crippen molar-refractivity contribution in [2.24, 2.45) is 0 Å². The van der Waals surface area contributed by atoms with Gasteiger partial charge in [-0.3, -0.25) is 4.57 Å². The van der Waals surface area contributed by atoms with Crippen molar-refractivity contribution in [1.82, 2.24) is 9.63 Å². The lowest BCUT2D eigenvalue weighted by molar-refractivity contribution is -0.166. The van der Waals surface area contributed by atoms with Gasteiger partial charge in [0.05, 0.1) is 12.1 Å². The summed E-state index contributed by atoms with van der Waals surface area (Å²) >= 11 is 1.33. The summed E-state index contributed by atoms with van der Waals surface area (Å²) in [6, 6.07) is 16.9. The van der Waals surface area contributed by atoms with Crippen LogP contribution < -0.4 is 0 Å². The number of aromatic nitrogens is 1. The third-order valence-electron chi connectivity index (χ3n) is 5.48. The van der Waals surface area contributed by atoms with Gasteiger partial charge < -0.3 is 14.3 Å². The Balaban J connectivity index is 1.74. The Morgan fingerprint density at radius 1 is 0.919 bits per heavy atom. The lowest BCUT2D eigenvalue weighted by Gasteiger charge is -2.25. The molecule has 3 aromatic rings. The maximum absolute atomic E-state index is 13.5. The van der Waals surface area contributed by atoms with Gasteiger partial charge in [-0.25, -0.2) is 14.4 Å². The van der Waals surface area contributed by atoms with Crippen molar-refractivity contribution in [3.63, 3.8) is 0 Å². The number of para-hydroxylation sites is 1. The largest absolute Gasteiger partial charge is 0.443 e. The van der Waals surface area contributed by atoms with Crippen molar-refractivity contribution in [2.75, 3.05) is 6.54 Å². The molecular weight excluding hydrogens is 492 g/mol. The number of thioether (sulfide) groups is 1. The van der Waals surface area contributed by atoms with Crippen molar-refractivity contribution in [3.05, 3.63) is 66.4 Å². The number of carbonyl (C=O) groups is 3. The van der Waals surface area contributed by atoms with Gasteiger partial charge in [-0.15, -0.1) is 16.8 Å². The molecule has 1 fully saturated rings. The number of nitrogens with zero attached hydrogens (tertiary/aromatic N) is 2. The molecule has 1 atom stereocenters. The molecule has 9 heteroatoms. The molecule has 1 amide bonds. The topological polar surface area (TPSA) is 87.1 Å². The minimum Gasteiger partial charge on any atom is -0.443 e. The molecule has 0 spiro atoms. The van der Waals surface area contributed by atoms with Crippen molar-refractivity contribution in [3.8, 4) is 0 Å². The molecule has 1 aliphatic heterocycles. The Kier molecular flexibility index (Phi) is 7.03. The number of hydroxylamine groups is 2. The Hall–Kier alpha value is -3.46. The van der Waals surface area contributed by atoms with Crippen LogP contribution in [0.1, 0.15) is 47.1 Å². The van der Waals surface area contributed by atoms with Gasteiger partial charge >= 0.3 is 18.2 Å². The van der Waals surface area contributed by atoms with Gasteiger partial charge in [-0.2, -0.15) is 0 Å². The van der Waals surface area contributed by atoms with Crippen molar-refractivity contribution >= 4 is 40.8 Å². The number of fused-ring (bicyclic) bond motifs is 1. The maximum atomic E-state index is 13.5. The fourth-order valence-corrected chi connectivity index (χ4v) is 5.31. The molecule has 4 rings (SSSR count). The predicted molar refractivity (Wildman–Crippen MR) is 141 cm³/mol. The number of ether oxygens (including phenoxy) is 2. The highest BCUT2D eigenvalue weighted by Gasteiger charge is 2.53. The fraction of sp³-hybridized carbons (Fsp3) is 0.393. The molecule has 37 heavy (non-hydrogen) atoms. The summed E-state index contributed by atoms with van der Waals surface area (Å²) in [6.07, 6.45) is 0.674. The van der Waals surface area contributed by atoms with Gasteiger partial charge in [0.2, 0.25) is 0 Å². The molecule has 1 saturated heterocycles. The van der Waals surface area contributed by atoms with Crippen LogP contribution >= 0.6 is 11.8 Å². The smallest absolute Gasteiger partial charge is 0.443 e. The van der Waals surface area contributed by atoms with E-state index in [-0.39, 0.29) is 13.0 Å². The van der Waals surface area contributed by atoms with Crippen LogP contribution in [0.3, 0.4) is 0 Å². The summed E-state index contributed by atoms with van der Waals surface area (Å²) in [5, 5.41) is 1.79. The summed E-state index contributed by atoms with van der Waals surface area (Å²) in [7, 11) is 0. The number of benzene rings is 2. The summed E-state index contributed by atoms with van der Waals surface area (Å²) < 4.78 is 11.4. The van der Waals surface area contributed by atoms with Gasteiger partial charge in [0.1, 0.15) is 15.9 Å². The van der Waals surface area contributed by atoms with Crippen molar-refractivity contribution < 1.29 is 28.7 Å². The molecular formula is C28H32N2O6S. The van der Waals surface area contributed by atoms with Crippen LogP contribution in [0.2, 0.25) is 0 Å². The number of hydrogen-bond donors (Lipinski definition) is 0. The second-order valence-electron chi connectivity index (χ2n) is 11.0. The van der Waals surface area contributed by atoms with Crippen LogP contribution in [0.5, 0.6) is 0 Å². The zero-order chi connectivity index (χ0) is 27.0. The number of rotatable bonds is 4. The molecule has 0 N–H and O–H groups in total. The molecule has 1 aliphatic rings. The number of carbonyl (C=O) groups excluding carboxylic acids is 3. The van der Waals surface area contributed by atoms with Crippen LogP contribution in [0.4, 0.5) is 9.59 Å². The average Bonchev–Trinajstić information content (AvgIpc) is 3.31. The van der Waals surface area contributed by atoms with E-state index in [4.69, 9.17) is 14.3 Å². The molecule has 2 heterocycles. The average molecular weight is 525 g/mol. The van der Waals surface area contributed by atoms with Crippen LogP contribution in [0.25, 0.3) is 10.9 Å². The Bertz CT molecular complexity index is 1320. The van der Waals surface area contributed by atoms with E-state index in [9.17, 15) is 14.4 Å². The van der Waals surface area contributed by atoms with Crippen molar-refractivity contribution in [2.45, 2.75) is 68.8 Å². The fourth-order valence-electron chi connectivity index (χ4n) is 4.04. The van der Waals surface area contributed by atoms with Gasteiger partial charge in [0, 0.05) is 22.9 Å². The second kappa shape index (κ2) is 9.78. The molecule has 0 bridgehead atoms. The van der Waals surface area contributed by atoms with E-state index < -0.39 is 34.1 Å². The minimum atomic E-state index is -1.17. The first kappa shape index (κ1) is 26.6. The zero-order valence-electron chi connectivity index (χ0n) is 21.9. The first-order valence-corrected chi connectivity index (χ1v) is 12.9. The van der Waals surface area contributed by atoms with Gasteiger partial charge in [0.15, 0.2) is 0 Å². The molecule has 0 aliphatic carbocycles. The van der Waals surface area contributed by atoms with Crippen LogP contribution in [-0.2, 0) is 25.5 Å². The molecule has 8 nitrogen and oxygen atoms in total. The zero-order valence-corrected chi connectivity index (χ0v) is 22.8. The summed E-state index contributed by atoms with van der Waals surface area (Å²) in [4.78, 5) is 45.6. The molecule has 1 aromatic heterocycles. The lowest BCUT2D eigenvalue weighted by atomic mass is 9.98. The van der Waals surface area contributed by atoms with Gasteiger partial charge in [-0.1, -0.05) is 36.4 Å². The Morgan fingerprint density at radius 3 is 2.16 bits per heavy atom. The van der Waals surface area contributed by atoms with Gasteiger partial charge in [-0.05, 0) is 65.3 Å². The number of hydrogen-bond acceptors (Lipinski definition) is 7. The van der Waals surface area contributed by atoms with Crippen LogP contribution in [-0.4, -0.2) is 50.3 Å². The van der Waals surface area contributed by atoms with E-state index in [2.05, 4.69) is 0 Å². The molecule has 196 valence electrons. The van der Waals surface area contributed by atoms with E-state index in [1.54, 1.807) is 27.0 Å². The molecule has 0 radical (unpaired) electrons.